The van der Waals surface area contributed by atoms with Crippen molar-refractivity contribution in [1.82, 2.24) is 9.21 Å². The molecule has 1 aromatic carbocycles. The lowest BCUT2D eigenvalue weighted by Crippen LogP contribution is -2.49. The third kappa shape index (κ3) is 5.51. The van der Waals surface area contributed by atoms with Crippen LogP contribution >= 0.6 is 0 Å². The van der Waals surface area contributed by atoms with Gasteiger partial charge in [0.1, 0.15) is 5.76 Å². The first-order valence-electron chi connectivity index (χ1n) is 9.97. The van der Waals surface area contributed by atoms with Gasteiger partial charge in [-0.1, -0.05) is 30.3 Å². The number of piperidine rings is 1. The number of furan rings is 1. The van der Waals surface area contributed by atoms with Crippen LogP contribution in [-0.2, 0) is 26.8 Å². The predicted molar refractivity (Wildman–Crippen MR) is 110 cm³/mol. The Balaban J connectivity index is 0.000000360. The number of nitrogens with zero attached hydrogens (tertiary/aromatic N) is 2. The van der Waals surface area contributed by atoms with E-state index in [0.717, 1.165) is 31.8 Å². The third-order valence-electron chi connectivity index (χ3n) is 6.04. The van der Waals surface area contributed by atoms with Gasteiger partial charge in [-0.25, -0.2) is 17.5 Å². The van der Waals surface area contributed by atoms with Crippen LogP contribution in [0.5, 0.6) is 0 Å². The molecule has 32 heavy (non-hydrogen) atoms. The minimum absolute atomic E-state index is 0.0794. The highest BCUT2D eigenvalue weighted by atomic mass is 32.2. The SMILES string of the molecule is CS(=O)(=O)N1CC2CN(Cc3ccco3)CCC2(c2ccccc2)C1.O=C(O)C(F)(F)F. The van der Waals surface area contributed by atoms with E-state index in [1.165, 1.54) is 11.8 Å². The summed E-state index contributed by atoms with van der Waals surface area (Å²) in [5.74, 6) is -1.49. The lowest BCUT2D eigenvalue weighted by atomic mass is 9.68. The first-order chi connectivity index (χ1) is 14.9. The van der Waals surface area contributed by atoms with Gasteiger partial charge in [0.05, 0.1) is 19.1 Å². The molecule has 3 heterocycles. The van der Waals surface area contributed by atoms with Crippen LogP contribution in [0.4, 0.5) is 13.2 Å². The maximum absolute atomic E-state index is 12.2. The molecule has 4 rings (SSSR count). The van der Waals surface area contributed by atoms with Gasteiger partial charge in [-0.2, -0.15) is 13.2 Å². The molecule has 1 N–H and O–H groups in total. The maximum Gasteiger partial charge on any atom is 0.490 e. The molecule has 0 radical (unpaired) electrons. The van der Waals surface area contributed by atoms with Gasteiger partial charge in [-0.3, -0.25) is 4.90 Å². The highest BCUT2D eigenvalue weighted by Gasteiger charge is 2.52. The van der Waals surface area contributed by atoms with Gasteiger partial charge < -0.3 is 9.52 Å². The minimum atomic E-state index is -5.08. The van der Waals surface area contributed by atoms with E-state index in [9.17, 15) is 21.6 Å². The molecule has 2 saturated heterocycles. The fourth-order valence-corrected chi connectivity index (χ4v) is 5.38. The first kappa shape index (κ1) is 24.3. The molecule has 176 valence electrons. The Hall–Kier alpha value is -2.37. The Morgan fingerprint density at radius 1 is 1.19 bits per heavy atom. The smallest absolute Gasteiger partial charge is 0.475 e. The zero-order chi connectivity index (χ0) is 23.6. The summed E-state index contributed by atoms with van der Waals surface area (Å²) >= 11 is 0. The van der Waals surface area contributed by atoms with Gasteiger partial charge >= 0.3 is 12.1 Å². The van der Waals surface area contributed by atoms with Crippen molar-refractivity contribution < 1.29 is 35.9 Å². The van der Waals surface area contributed by atoms with Crippen molar-refractivity contribution in [2.45, 2.75) is 24.6 Å². The lowest BCUT2D eigenvalue weighted by molar-refractivity contribution is -0.192. The van der Waals surface area contributed by atoms with Crippen molar-refractivity contribution >= 4 is 16.0 Å². The zero-order valence-electron chi connectivity index (χ0n) is 17.5. The summed E-state index contributed by atoms with van der Waals surface area (Å²) < 4.78 is 63.3. The van der Waals surface area contributed by atoms with Crippen molar-refractivity contribution in [3.05, 3.63) is 60.1 Å². The van der Waals surface area contributed by atoms with Crippen LogP contribution < -0.4 is 0 Å². The van der Waals surface area contributed by atoms with Crippen LogP contribution in [0.1, 0.15) is 17.7 Å². The lowest BCUT2D eigenvalue weighted by Gasteiger charge is -2.43. The van der Waals surface area contributed by atoms with Gasteiger partial charge in [0.2, 0.25) is 10.0 Å². The number of likely N-dealkylation sites (tertiary alicyclic amines) is 1. The van der Waals surface area contributed by atoms with E-state index in [1.807, 2.05) is 18.2 Å². The van der Waals surface area contributed by atoms with Crippen molar-refractivity contribution in [3.8, 4) is 0 Å². The molecule has 11 heteroatoms. The average Bonchev–Trinajstić information content (AvgIpc) is 3.36. The molecular formula is C21H25F3N2O5S. The number of carboxylic acid groups (broad SMARTS) is 1. The molecule has 1 aromatic heterocycles. The molecule has 7 nitrogen and oxygen atoms in total. The predicted octanol–water partition coefficient (Wildman–Crippen LogP) is 2.95. The summed E-state index contributed by atoms with van der Waals surface area (Å²) in [5.41, 5.74) is 1.19. The molecule has 2 aliphatic rings. The second kappa shape index (κ2) is 9.24. The Morgan fingerprint density at radius 3 is 2.38 bits per heavy atom. The summed E-state index contributed by atoms with van der Waals surface area (Å²) in [6.45, 7) is 3.82. The van der Waals surface area contributed by atoms with Gasteiger partial charge in [0.15, 0.2) is 0 Å². The van der Waals surface area contributed by atoms with Crippen molar-refractivity contribution in [1.29, 1.82) is 0 Å². The summed E-state index contributed by atoms with van der Waals surface area (Å²) in [6, 6.07) is 14.3. The van der Waals surface area contributed by atoms with Crippen LogP contribution in [0.2, 0.25) is 0 Å². The second-order valence-electron chi connectivity index (χ2n) is 8.14. The molecule has 2 unspecified atom stereocenters. The van der Waals surface area contributed by atoms with Crippen LogP contribution in [0.25, 0.3) is 0 Å². The number of benzene rings is 1. The minimum Gasteiger partial charge on any atom is -0.475 e. The number of carbonyl (C=O) groups is 1. The third-order valence-corrected chi connectivity index (χ3v) is 7.25. The molecule has 0 spiro atoms. The molecule has 2 aromatic rings. The van der Waals surface area contributed by atoms with Crippen LogP contribution in [0.3, 0.4) is 0 Å². The van der Waals surface area contributed by atoms with E-state index in [0.29, 0.717) is 19.0 Å². The summed E-state index contributed by atoms with van der Waals surface area (Å²) in [5, 5.41) is 7.12. The number of hydrogen-bond acceptors (Lipinski definition) is 5. The zero-order valence-corrected chi connectivity index (χ0v) is 18.3. The van der Waals surface area contributed by atoms with Gasteiger partial charge in [0.25, 0.3) is 0 Å². The standard InChI is InChI=1S/C19H24N2O3S.C2HF3O2/c1-25(22,23)21-13-17-12-20(14-18-8-5-11-24-18)10-9-19(17,15-21)16-6-3-2-4-7-16;3-2(4,5)1(6)7/h2-8,11,17H,9-10,12-15H2,1H3;(H,6,7). The van der Waals surface area contributed by atoms with E-state index in [2.05, 4.69) is 29.2 Å². The van der Waals surface area contributed by atoms with E-state index in [1.54, 1.807) is 10.6 Å². The fraction of sp³-hybridized carbons (Fsp3) is 0.476. The second-order valence-corrected chi connectivity index (χ2v) is 10.1. The quantitative estimate of drug-likeness (QED) is 0.733. The maximum atomic E-state index is 12.2. The van der Waals surface area contributed by atoms with Crippen LogP contribution in [0, 0.1) is 5.92 Å². The van der Waals surface area contributed by atoms with E-state index < -0.39 is 22.2 Å². The Morgan fingerprint density at radius 2 is 1.84 bits per heavy atom. The number of halogens is 3. The van der Waals surface area contributed by atoms with Crippen LogP contribution in [-0.4, -0.2) is 67.3 Å². The summed E-state index contributed by atoms with van der Waals surface area (Å²) in [7, 11) is -3.18. The molecule has 2 atom stereocenters. The average molecular weight is 475 g/mol. The number of rotatable bonds is 4. The largest absolute Gasteiger partial charge is 0.490 e. The molecule has 0 aliphatic carbocycles. The van der Waals surface area contributed by atoms with E-state index in [4.69, 9.17) is 14.3 Å². The van der Waals surface area contributed by atoms with Crippen molar-refractivity contribution in [2.24, 2.45) is 5.92 Å². The molecule has 0 amide bonds. The Kier molecular flexibility index (Phi) is 7.01. The topological polar surface area (TPSA) is 91.1 Å². The summed E-state index contributed by atoms with van der Waals surface area (Å²) in [6.07, 6.45) is -1.09. The number of hydrogen-bond donors (Lipinski definition) is 1. The first-order valence-corrected chi connectivity index (χ1v) is 11.8. The molecule has 2 aliphatic heterocycles. The normalized spacial score (nSPS) is 24.4. The Labute approximate surface area is 184 Å². The van der Waals surface area contributed by atoms with Gasteiger partial charge in [0, 0.05) is 25.0 Å². The van der Waals surface area contributed by atoms with Crippen molar-refractivity contribution in [2.75, 3.05) is 32.4 Å². The van der Waals surface area contributed by atoms with Gasteiger partial charge in [-0.15, -0.1) is 0 Å². The Bertz CT molecular complexity index is 1010. The molecule has 0 bridgehead atoms. The van der Waals surface area contributed by atoms with E-state index in [-0.39, 0.29) is 5.41 Å². The molecule has 0 saturated carbocycles. The summed E-state index contributed by atoms with van der Waals surface area (Å²) in [4.78, 5) is 11.3. The number of sulfonamides is 1. The molecule has 2 fully saturated rings. The number of carboxylic acids is 1. The number of aliphatic carboxylic acids is 1. The monoisotopic (exact) mass is 474 g/mol. The fourth-order valence-electron chi connectivity index (χ4n) is 4.47. The van der Waals surface area contributed by atoms with Gasteiger partial charge in [-0.05, 0) is 36.6 Å². The molecular weight excluding hydrogens is 449 g/mol. The number of alkyl halides is 3. The van der Waals surface area contributed by atoms with Crippen molar-refractivity contribution in [3.63, 3.8) is 0 Å². The highest BCUT2D eigenvalue weighted by molar-refractivity contribution is 7.88. The van der Waals surface area contributed by atoms with E-state index >= 15 is 0 Å². The highest BCUT2D eigenvalue weighted by Crippen LogP contribution is 2.46. The van der Waals surface area contributed by atoms with Crippen LogP contribution in [0.15, 0.2) is 53.1 Å². The number of fused-ring (bicyclic) bond motifs is 1.